The topological polar surface area (TPSA) is 38.5 Å². The van der Waals surface area contributed by atoms with Crippen LogP contribution in [0.1, 0.15) is 17.0 Å². The number of nitrogens with zero attached hydrogens (tertiary/aromatic N) is 1. The van der Waals surface area contributed by atoms with Crippen LogP contribution in [0.3, 0.4) is 0 Å². The van der Waals surface area contributed by atoms with E-state index in [4.69, 9.17) is 10.5 Å². The summed E-state index contributed by atoms with van der Waals surface area (Å²) in [4.78, 5) is 2.30. The first-order chi connectivity index (χ1) is 7.74. The molecule has 1 aromatic carbocycles. The van der Waals surface area contributed by atoms with E-state index in [9.17, 15) is 0 Å². The molecule has 2 unspecified atom stereocenters. The molecule has 3 nitrogen and oxygen atoms in total. The molecule has 2 atom stereocenters. The van der Waals surface area contributed by atoms with Crippen LogP contribution in [0.4, 0.5) is 0 Å². The number of likely N-dealkylation sites (N-methyl/N-ethyl adjacent to an activating group) is 1. The Kier molecular flexibility index (Phi) is 2.37. The lowest BCUT2D eigenvalue weighted by atomic mass is 9.93. The number of rotatable bonds is 1. The molecule has 2 aliphatic rings. The van der Waals surface area contributed by atoms with E-state index >= 15 is 0 Å². The number of hydrogen-bond acceptors (Lipinski definition) is 3. The summed E-state index contributed by atoms with van der Waals surface area (Å²) < 4.78 is 5.52. The summed E-state index contributed by atoms with van der Waals surface area (Å²) in [7, 11) is 2.14. The van der Waals surface area contributed by atoms with Gasteiger partial charge in [0.05, 0.1) is 6.61 Å². The Balaban J connectivity index is 1.89. The van der Waals surface area contributed by atoms with Crippen LogP contribution < -0.4 is 10.5 Å². The number of nitrogens with two attached hydrogens (primary N) is 1. The molecular formula is C13H18N2O. The van der Waals surface area contributed by atoms with E-state index in [1.807, 2.05) is 0 Å². The molecule has 0 radical (unpaired) electrons. The molecule has 0 aromatic heterocycles. The molecule has 0 saturated carbocycles. The van der Waals surface area contributed by atoms with Gasteiger partial charge in [0.25, 0.3) is 0 Å². The third-order valence-electron chi connectivity index (χ3n) is 3.69. The monoisotopic (exact) mass is 218 g/mol. The fourth-order valence-electron chi connectivity index (χ4n) is 2.82. The lowest BCUT2D eigenvalue weighted by molar-refractivity contribution is 0.356. The summed E-state index contributed by atoms with van der Waals surface area (Å²) in [6, 6.07) is 6.83. The quantitative estimate of drug-likeness (QED) is 0.763. The maximum absolute atomic E-state index is 6.17. The summed E-state index contributed by atoms with van der Waals surface area (Å²) in [5, 5.41) is 0. The van der Waals surface area contributed by atoms with Gasteiger partial charge in [0.2, 0.25) is 0 Å². The smallest absolute Gasteiger partial charge is 0.122 e. The molecular weight excluding hydrogens is 200 g/mol. The Labute approximate surface area is 96.2 Å². The number of benzene rings is 1. The second-order valence-corrected chi connectivity index (χ2v) is 4.96. The Bertz CT molecular complexity index is 405. The van der Waals surface area contributed by atoms with Gasteiger partial charge in [0.1, 0.15) is 5.75 Å². The molecule has 1 fully saturated rings. The number of ether oxygens (including phenoxy) is 1. The van der Waals surface area contributed by atoms with Gasteiger partial charge in [-0.3, -0.25) is 0 Å². The molecule has 2 aliphatic heterocycles. The Morgan fingerprint density at radius 1 is 1.38 bits per heavy atom. The zero-order valence-electron chi connectivity index (χ0n) is 9.65. The summed E-state index contributed by atoms with van der Waals surface area (Å²) >= 11 is 0. The van der Waals surface area contributed by atoms with E-state index in [0.29, 0.717) is 5.92 Å². The van der Waals surface area contributed by atoms with Gasteiger partial charge in [-0.15, -0.1) is 0 Å². The average Bonchev–Trinajstić information content (AvgIpc) is 2.83. The normalized spacial score (nSPS) is 29.1. The van der Waals surface area contributed by atoms with Crippen LogP contribution >= 0.6 is 0 Å². The molecule has 3 heteroatoms. The molecule has 2 N–H and O–H groups in total. The van der Waals surface area contributed by atoms with Crippen molar-refractivity contribution in [1.82, 2.24) is 4.90 Å². The fourth-order valence-corrected chi connectivity index (χ4v) is 2.82. The molecule has 86 valence electrons. The Hall–Kier alpha value is -1.06. The molecule has 1 aromatic rings. The predicted octanol–water partition coefficient (Wildman–Crippen LogP) is 0.978. The zero-order chi connectivity index (χ0) is 11.1. The van der Waals surface area contributed by atoms with Gasteiger partial charge >= 0.3 is 0 Å². The van der Waals surface area contributed by atoms with E-state index in [-0.39, 0.29) is 6.04 Å². The van der Waals surface area contributed by atoms with Crippen LogP contribution in [0, 0.1) is 0 Å². The van der Waals surface area contributed by atoms with Crippen LogP contribution in [0.5, 0.6) is 5.75 Å². The fraction of sp³-hybridized carbons (Fsp3) is 0.538. The van der Waals surface area contributed by atoms with Crippen molar-refractivity contribution in [2.24, 2.45) is 5.73 Å². The van der Waals surface area contributed by atoms with E-state index in [2.05, 4.69) is 30.1 Å². The number of fused-ring (bicyclic) bond motifs is 1. The molecule has 0 aliphatic carbocycles. The highest BCUT2D eigenvalue weighted by Crippen LogP contribution is 2.32. The maximum Gasteiger partial charge on any atom is 0.122 e. The van der Waals surface area contributed by atoms with E-state index in [0.717, 1.165) is 31.9 Å². The molecule has 0 bridgehead atoms. The van der Waals surface area contributed by atoms with Gasteiger partial charge in [-0.1, -0.05) is 12.1 Å². The van der Waals surface area contributed by atoms with Crippen molar-refractivity contribution in [3.63, 3.8) is 0 Å². The van der Waals surface area contributed by atoms with Crippen LogP contribution in [-0.2, 0) is 6.42 Å². The van der Waals surface area contributed by atoms with Gasteiger partial charge in [-0.05, 0) is 24.2 Å². The molecule has 1 saturated heterocycles. The van der Waals surface area contributed by atoms with Crippen molar-refractivity contribution in [3.05, 3.63) is 29.3 Å². The van der Waals surface area contributed by atoms with Crippen molar-refractivity contribution in [2.45, 2.75) is 18.4 Å². The van der Waals surface area contributed by atoms with Crippen molar-refractivity contribution < 1.29 is 4.74 Å². The van der Waals surface area contributed by atoms with E-state index in [1.165, 1.54) is 11.1 Å². The molecule has 2 heterocycles. The van der Waals surface area contributed by atoms with Crippen LogP contribution in [-0.4, -0.2) is 37.7 Å². The highest BCUT2D eigenvalue weighted by molar-refractivity contribution is 5.41. The first-order valence-electron chi connectivity index (χ1n) is 5.94. The average molecular weight is 218 g/mol. The van der Waals surface area contributed by atoms with Crippen molar-refractivity contribution in [3.8, 4) is 5.75 Å². The minimum Gasteiger partial charge on any atom is -0.493 e. The minimum atomic E-state index is 0.269. The van der Waals surface area contributed by atoms with E-state index < -0.39 is 0 Å². The first kappa shape index (κ1) is 10.1. The highest BCUT2D eigenvalue weighted by Gasteiger charge is 2.29. The van der Waals surface area contributed by atoms with Gasteiger partial charge in [-0.25, -0.2) is 0 Å². The van der Waals surface area contributed by atoms with Gasteiger partial charge in [0, 0.05) is 31.5 Å². The largest absolute Gasteiger partial charge is 0.493 e. The highest BCUT2D eigenvalue weighted by atomic mass is 16.5. The third kappa shape index (κ3) is 1.60. The predicted molar refractivity (Wildman–Crippen MR) is 63.9 cm³/mol. The molecule has 3 rings (SSSR count). The number of likely N-dealkylation sites (tertiary alicyclic amines) is 1. The summed E-state index contributed by atoms with van der Waals surface area (Å²) in [6.07, 6.45) is 1.04. The summed E-state index contributed by atoms with van der Waals surface area (Å²) in [6.45, 7) is 2.90. The van der Waals surface area contributed by atoms with Crippen LogP contribution in [0.2, 0.25) is 0 Å². The zero-order valence-corrected chi connectivity index (χ0v) is 9.65. The SMILES string of the molecule is CN1CC(N)C(c2ccc3c(c2)CCO3)C1. The van der Waals surface area contributed by atoms with E-state index in [1.54, 1.807) is 0 Å². The van der Waals surface area contributed by atoms with Gasteiger partial charge in [-0.2, -0.15) is 0 Å². The van der Waals surface area contributed by atoms with Crippen LogP contribution in [0.15, 0.2) is 18.2 Å². The summed E-state index contributed by atoms with van der Waals surface area (Å²) in [5.41, 5.74) is 8.90. The third-order valence-corrected chi connectivity index (χ3v) is 3.69. The lowest BCUT2D eigenvalue weighted by Crippen LogP contribution is -2.27. The standard InChI is InChI=1S/C13H18N2O/c1-15-7-11(12(14)8-15)9-2-3-13-10(6-9)4-5-16-13/h2-3,6,11-12H,4-5,7-8,14H2,1H3. The Morgan fingerprint density at radius 2 is 2.25 bits per heavy atom. The summed E-state index contributed by atoms with van der Waals surface area (Å²) in [5.74, 6) is 1.54. The Morgan fingerprint density at radius 3 is 3.00 bits per heavy atom. The maximum atomic E-state index is 6.17. The number of hydrogen-bond donors (Lipinski definition) is 1. The van der Waals surface area contributed by atoms with Crippen molar-refractivity contribution in [2.75, 3.05) is 26.7 Å². The second-order valence-electron chi connectivity index (χ2n) is 4.96. The molecule has 16 heavy (non-hydrogen) atoms. The molecule has 0 amide bonds. The first-order valence-corrected chi connectivity index (χ1v) is 5.94. The van der Waals surface area contributed by atoms with Gasteiger partial charge in [0.15, 0.2) is 0 Å². The van der Waals surface area contributed by atoms with Gasteiger partial charge < -0.3 is 15.4 Å². The lowest BCUT2D eigenvalue weighted by Gasteiger charge is -2.15. The van der Waals surface area contributed by atoms with Crippen molar-refractivity contribution in [1.29, 1.82) is 0 Å². The minimum absolute atomic E-state index is 0.269. The van der Waals surface area contributed by atoms with Crippen LogP contribution in [0.25, 0.3) is 0 Å². The second kappa shape index (κ2) is 3.75. The molecule has 0 spiro atoms. The van der Waals surface area contributed by atoms with Crippen molar-refractivity contribution >= 4 is 0 Å².